The predicted octanol–water partition coefficient (Wildman–Crippen LogP) is 6.25. The van der Waals surface area contributed by atoms with Crippen molar-refractivity contribution in [2.45, 2.75) is 24.1 Å². The lowest BCUT2D eigenvalue weighted by Crippen LogP contribution is -2.07. The van der Waals surface area contributed by atoms with E-state index in [1.54, 1.807) is 29.2 Å². The molecule has 31 heavy (non-hydrogen) atoms. The molecular weight excluding hydrogens is 455 g/mol. The van der Waals surface area contributed by atoms with Crippen LogP contribution in [-0.2, 0) is 18.9 Å². The Bertz CT molecular complexity index is 1180. The Labute approximate surface area is 192 Å². The zero-order chi connectivity index (χ0) is 21.6. The van der Waals surface area contributed by atoms with Crippen LogP contribution in [-0.4, -0.2) is 19.7 Å². The molecule has 0 amide bonds. The molecule has 5 nitrogen and oxygen atoms in total. The van der Waals surface area contributed by atoms with E-state index >= 15 is 0 Å². The van der Waals surface area contributed by atoms with Crippen molar-refractivity contribution in [1.29, 1.82) is 0 Å². The Kier molecular flexibility index (Phi) is 7.01. The summed E-state index contributed by atoms with van der Waals surface area (Å²) in [5.74, 6) is 1.29. The molecule has 4 aromatic rings. The Morgan fingerprint density at radius 1 is 1.19 bits per heavy atom. The summed E-state index contributed by atoms with van der Waals surface area (Å²) < 4.78 is 21.0. The summed E-state index contributed by atoms with van der Waals surface area (Å²) >= 11 is 8.99. The topological polar surface area (TPSA) is 52.8 Å². The lowest BCUT2D eigenvalue weighted by atomic mass is 10.2. The van der Waals surface area contributed by atoms with Gasteiger partial charge in [-0.15, -0.1) is 28.1 Å². The molecular formula is C22H18ClFN4OS2. The summed E-state index contributed by atoms with van der Waals surface area (Å²) in [6.07, 6.45) is 1.78. The second-order valence-electron chi connectivity index (χ2n) is 6.46. The first-order valence-corrected chi connectivity index (χ1v) is 11.6. The van der Waals surface area contributed by atoms with E-state index in [4.69, 9.17) is 21.3 Å². The van der Waals surface area contributed by atoms with Crippen molar-refractivity contribution >= 4 is 34.7 Å². The summed E-state index contributed by atoms with van der Waals surface area (Å²) in [6, 6.07) is 14.3. The van der Waals surface area contributed by atoms with Crippen LogP contribution in [0.15, 0.2) is 71.7 Å². The zero-order valence-corrected chi connectivity index (χ0v) is 18.8. The van der Waals surface area contributed by atoms with Crippen LogP contribution in [0, 0.1) is 5.82 Å². The number of nitrogens with zero attached hydrogens (tertiary/aromatic N) is 4. The van der Waals surface area contributed by atoms with Gasteiger partial charge in [-0.3, -0.25) is 4.57 Å². The number of hydrogen-bond acceptors (Lipinski definition) is 6. The van der Waals surface area contributed by atoms with E-state index in [2.05, 4.69) is 34.3 Å². The van der Waals surface area contributed by atoms with Gasteiger partial charge in [0, 0.05) is 29.3 Å². The van der Waals surface area contributed by atoms with Gasteiger partial charge in [0.05, 0.1) is 10.7 Å². The lowest BCUT2D eigenvalue weighted by Gasteiger charge is -2.09. The van der Waals surface area contributed by atoms with Crippen LogP contribution < -0.4 is 4.74 Å². The summed E-state index contributed by atoms with van der Waals surface area (Å²) in [6.45, 7) is 4.54. The van der Waals surface area contributed by atoms with Crippen molar-refractivity contribution in [3.8, 4) is 16.3 Å². The average molecular weight is 473 g/mol. The molecule has 0 unspecified atom stereocenters. The van der Waals surface area contributed by atoms with Gasteiger partial charge in [0.15, 0.2) is 11.0 Å². The van der Waals surface area contributed by atoms with Gasteiger partial charge in [-0.05, 0) is 12.1 Å². The quantitative estimate of drug-likeness (QED) is 0.213. The number of hydrogen-bond donors (Lipinski definition) is 0. The predicted molar refractivity (Wildman–Crippen MR) is 123 cm³/mol. The maximum Gasteiger partial charge on any atom is 0.191 e. The van der Waals surface area contributed by atoms with Crippen molar-refractivity contribution in [2.24, 2.45) is 0 Å². The number of ether oxygens (including phenoxy) is 1. The van der Waals surface area contributed by atoms with Crippen molar-refractivity contribution < 1.29 is 9.13 Å². The highest BCUT2D eigenvalue weighted by Gasteiger charge is 2.14. The lowest BCUT2D eigenvalue weighted by molar-refractivity contribution is 0.288. The molecule has 0 saturated heterocycles. The number of benzene rings is 2. The van der Waals surface area contributed by atoms with Crippen molar-refractivity contribution in [1.82, 2.24) is 19.7 Å². The number of rotatable bonds is 9. The molecule has 0 bridgehead atoms. The smallest absolute Gasteiger partial charge is 0.191 e. The molecule has 0 saturated carbocycles. The first kappa shape index (κ1) is 21.5. The average Bonchev–Trinajstić information content (AvgIpc) is 3.41. The van der Waals surface area contributed by atoms with Gasteiger partial charge in [0.1, 0.15) is 23.2 Å². The normalized spacial score (nSPS) is 10.9. The summed E-state index contributed by atoms with van der Waals surface area (Å²) in [4.78, 5) is 4.72. The van der Waals surface area contributed by atoms with E-state index in [1.807, 2.05) is 22.8 Å². The van der Waals surface area contributed by atoms with Crippen molar-refractivity contribution in [3.63, 3.8) is 0 Å². The number of aromatic nitrogens is 4. The third-order valence-corrected chi connectivity index (χ3v) is 6.52. The molecule has 0 aliphatic heterocycles. The van der Waals surface area contributed by atoms with E-state index < -0.39 is 5.82 Å². The number of allylic oxidation sites excluding steroid dienone is 1. The third-order valence-electron chi connectivity index (χ3n) is 4.29. The second kappa shape index (κ2) is 10.1. The first-order chi connectivity index (χ1) is 15.1. The minimum absolute atomic E-state index is 0.0134. The van der Waals surface area contributed by atoms with Crippen LogP contribution in [0.5, 0.6) is 5.75 Å². The van der Waals surface area contributed by atoms with E-state index in [-0.39, 0.29) is 11.6 Å². The molecule has 2 aromatic carbocycles. The van der Waals surface area contributed by atoms with E-state index in [1.165, 1.54) is 18.2 Å². The maximum atomic E-state index is 13.3. The van der Waals surface area contributed by atoms with E-state index in [9.17, 15) is 4.39 Å². The fourth-order valence-electron chi connectivity index (χ4n) is 2.78. The van der Waals surface area contributed by atoms with Crippen LogP contribution in [0.4, 0.5) is 4.39 Å². The third kappa shape index (κ3) is 5.33. The molecule has 9 heteroatoms. The van der Waals surface area contributed by atoms with Crippen LogP contribution in [0.1, 0.15) is 11.5 Å². The fraction of sp³-hybridized carbons (Fsp3) is 0.136. The SMILES string of the molecule is C=CCn1c(COc2ccc(F)c(Cl)c2)nnc1SCc1csc(-c2ccccc2)n1. The minimum atomic E-state index is -0.486. The van der Waals surface area contributed by atoms with Gasteiger partial charge in [-0.25, -0.2) is 9.37 Å². The van der Waals surface area contributed by atoms with Gasteiger partial charge < -0.3 is 4.74 Å². The Balaban J connectivity index is 1.43. The molecule has 0 aliphatic carbocycles. The molecule has 0 aliphatic rings. The summed E-state index contributed by atoms with van der Waals surface area (Å²) in [7, 11) is 0. The van der Waals surface area contributed by atoms with Gasteiger partial charge in [-0.2, -0.15) is 0 Å². The van der Waals surface area contributed by atoms with Crippen LogP contribution in [0.2, 0.25) is 5.02 Å². The molecule has 2 aromatic heterocycles. The molecule has 0 spiro atoms. The first-order valence-electron chi connectivity index (χ1n) is 9.37. The molecule has 0 fully saturated rings. The van der Waals surface area contributed by atoms with Crippen molar-refractivity contribution in [2.75, 3.05) is 0 Å². The molecule has 2 heterocycles. The monoisotopic (exact) mass is 472 g/mol. The molecule has 0 atom stereocenters. The highest BCUT2D eigenvalue weighted by Crippen LogP contribution is 2.28. The Morgan fingerprint density at radius 2 is 2.03 bits per heavy atom. The van der Waals surface area contributed by atoms with Gasteiger partial charge >= 0.3 is 0 Å². The van der Waals surface area contributed by atoms with Crippen LogP contribution >= 0.6 is 34.7 Å². The maximum absolute atomic E-state index is 13.3. The summed E-state index contributed by atoms with van der Waals surface area (Å²) in [5, 5.41) is 12.4. The number of thioether (sulfide) groups is 1. The Morgan fingerprint density at radius 3 is 2.81 bits per heavy atom. The number of halogens is 2. The van der Waals surface area contributed by atoms with Gasteiger partial charge in [0.25, 0.3) is 0 Å². The zero-order valence-electron chi connectivity index (χ0n) is 16.4. The fourth-order valence-corrected chi connectivity index (χ4v) is 4.75. The molecule has 0 N–H and O–H groups in total. The van der Waals surface area contributed by atoms with Gasteiger partial charge in [0.2, 0.25) is 0 Å². The van der Waals surface area contributed by atoms with Gasteiger partial charge in [-0.1, -0.05) is 59.8 Å². The Hall–Kier alpha value is -2.68. The number of thiazole rings is 1. The van der Waals surface area contributed by atoms with E-state index in [0.29, 0.717) is 23.9 Å². The van der Waals surface area contributed by atoms with E-state index in [0.717, 1.165) is 21.4 Å². The van der Waals surface area contributed by atoms with Crippen LogP contribution in [0.3, 0.4) is 0 Å². The highest BCUT2D eigenvalue weighted by atomic mass is 35.5. The van der Waals surface area contributed by atoms with Crippen molar-refractivity contribution in [3.05, 3.63) is 88.9 Å². The van der Waals surface area contributed by atoms with Crippen LogP contribution in [0.25, 0.3) is 10.6 Å². The second-order valence-corrected chi connectivity index (χ2v) is 8.67. The molecule has 0 radical (unpaired) electrons. The largest absolute Gasteiger partial charge is 0.486 e. The molecule has 4 rings (SSSR count). The molecule has 158 valence electrons. The standard InChI is InChI=1S/C22H18ClFN4OS2/c1-2-10-28-20(12-29-17-8-9-19(24)18(23)11-17)26-27-22(28)31-14-16-13-30-21(25-16)15-6-4-3-5-7-15/h2-9,11,13H,1,10,12,14H2. The summed E-state index contributed by atoms with van der Waals surface area (Å²) in [5.41, 5.74) is 2.10. The minimum Gasteiger partial charge on any atom is -0.486 e. The highest BCUT2D eigenvalue weighted by molar-refractivity contribution is 7.98.